The summed E-state index contributed by atoms with van der Waals surface area (Å²) in [6.07, 6.45) is -6.54. The van der Waals surface area contributed by atoms with Gasteiger partial charge in [0.2, 0.25) is 0 Å². The largest absolute Gasteiger partial charge is 0.447 e. The van der Waals surface area contributed by atoms with Gasteiger partial charge in [-0.3, -0.25) is 0 Å². The summed E-state index contributed by atoms with van der Waals surface area (Å²) in [7, 11) is 2.73. The van der Waals surface area contributed by atoms with Crippen molar-refractivity contribution in [2.24, 2.45) is 0 Å². The number of carbonyl (C=O) groups is 1. The number of nitrogens with zero attached hydrogens (tertiary/aromatic N) is 1. The third kappa shape index (κ3) is 3.19. The molecule has 1 amide bonds. The average Bonchev–Trinajstić information content (AvgIpc) is 3.08. The third-order valence-electron chi connectivity index (χ3n) is 2.86. The van der Waals surface area contributed by atoms with Crippen molar-refractivity contribution in [1.29, 1.82) is 0 Å². The molecular formula is C16H21N3O2. The Morgan fingerprint density at radius 1 is 1.57 bits per heavy atom. The zero-order chi connectivity index (χ0) is 22.9. The number of aryl methyl sites for hydroxylation is 1. The highest BCUT2D eigenvalue weighted by molar-refractivity contribution is 5.84. The zero-order valence-corrected chi connectivity index (χ0v) is 11.6. The van der Waals surface area contributed by atoms with Gasteiger partial charge in [0.15, 0.2) is 0 Å². The van der Waals surface area contributed by atoms with Crippen LogP contribution >= 0.6 is 0 Å². The van der Waals surface area contributed by atoms with Gasteiger partial charge in [-0.15, -0.1) is 0 Å². The van der Waals surface area contributed by atoms with E-state index in [4.69, 9.17) is 12.3 Å². The third-order valence-corrected chi connectivity index (χ3v) is 2.86. The molecule has 21 heavy (non-hydrogen) atoms. The molecule has 1 aliphatic heterocycles. The number of hydrogen-bond donors (Lipinski definition) is 2. The number of nitrogens with one attached hydrogen (secondary N) is 2. The molecule has 1 aliphatic rings. The Bertz CT molecular complexity index is 1000. The van der Waals surface area contributed by atoms with Crippen LogP contribution in [-0.4, -0.2) is 49.2 Å². The van der Waals surface area contributed by atoms with E-state index in [2.05, 4.69) is 15.0 Å². The summed E-state index contributed by atoms with van der Waals surface area (Å²) in [4.78, 5) is 15.2. The summed E-state index contributed by atoms with van der Waals surface area (Å²) >= 11 is 0. The first-order valence-electron chi connectivity index (χ1n) is 10.8. The minimum Gasteiger partial charge on any atom is -0.447 e. The van der Waals surface area contributed by atoms with Gasteiger partial charge < -0.3 is 19.9 Å². The molecule has 2 N–H and O–H groups in total. The van der Waals surface area contributed by atoms with Crippen LogP contribution in [0.15, 0.2) is 24.4 Å². The summed E-state index contributed by atoms with van der Waals surface area (Å²) in [6.45, 7) is -5.11. The lowest BCUT2D eigenvalue weighted by molar-refractivity contribution is 0.177. The Balaban J connectivity index is 2.18. The number of amides is 1. The molecule has 0 radical (unpaired) electrons. The molecule has 1 atom stereocenters. The van der Waals surface area contributed by atoms with Crippen LogP contribution in [0.25, 0.3) is 10.9 Å². The van der Waals surface area contributed by atoms with Crippen LogP contribution in [0.5, 0.6) is 0 Å². The fourth-order valence-electron chi connectivity index (χ4n) is 1.93. The Morgan fingerprint density at radius 2 is 2.43 bits per heavy atom. The summed E-state index contributed by atoms with van der Waals surface area (Å²) in [5.41, 5.74) is -0.0811. The number of ether oxygens (including phenoxy) is 1. The number of benzene rings is 1. The number of carbonyl (C=O) groups excluding carboxylic acids is 1. The summed E-state index contributed by atoms with van der Waals surface area (Å²) in [6, 6.07) is 2.30. The lowest BCUT2D eigenvalue weighted by Gasteiger charge is -2.09. The van der Waals surface area contributed by atoms with Gasteiger partial charge in [-0.1, -0.05) is 6.07 Å². The molecule has 0 spiro atoms. The summed E-state index contributed by atoms with van der Waals surface area (Å²) < 4.78 is 78.1. The zero-order valence-electron chi connectivity index (χ0n) is 20.6. The first-order valence-corrected chi connectivity index (χ1v) is 6.33. The maximum absolute atomic E-state index is 11.5. The number of H-pyrrole nitrogens is 1. The van der Waals surface area contributed by atoms with E-state index in [9.17, 15) is 4.79 Å². The van der Waals surface area contributed by atoms with Crippen molar-refractivity contribution in [3.05, 3.63) is 35.5 Å². The van der Waals surface area contributed by atoms with Crippen molar-refractivity contribution in [3.63, 3.8) is 0 Å². The van der Waals surface area contributed by atoms with Crippen molar-refractivity contribution >= 4 is 17.0 Å². The average molecular weight is 296 g/mol. The van der Waals surface area contributed by atoms with Gasteiger partial charge in [0.25, 0.3) is 0 Å². The summed E-state index contributed by atoms with van der Waals surface area (Å²) in [5.74, 6) is 0. The van der Waals surface area contributed by atoms with E-state index >= 15 is 0 Å². The van der Waals surface area contributed by atoms with Crippen LogP contribution in [0.2, 0.25) is 0 Å². The van der Waals surface area contributed by atoms with E-state index in [0.29, 0.717) is 5.52 Å². The van der Waals surface area contributed by atoms with Crippen molar-refractivity contribution in [2.75, 3.05) is 27.2 Å². The normalized spacial score (nSPS) is 29.0. The van der Waals surface area contributed by atoms with E-state index in [-0.39, 0.29) is 22.7 Å². The molecule has 2 heterocycles. The van der Waals surface area contributed by atoms with Crippen LogP contribution in [0.3, 0.4) is 0 Å². The maximum atomic E-state index is 11.5. The Hall–Kier alpha value is -2.01. The number of alkyl carbamates (subject to hydrolysis) is 1. The van der Waals surface area contributed by atoms with Gasteiger partial charge >= 0.3 is 6.09 Å². The monoisotopic (exact) mass is 296 g/mol. The maximum Gasteiger partial charge on any atom is 0.407 e. The van der Waals surface area contributed by atoms with Gasteiger partial charge in [0.1, 0.15) is 6.56 Å². The number of fused-ring (bicyclic) bond motifs is 1. The Kier molecular flexibility index (Phi) is 1.88. The van der Waals surface area contributed by atoms with E-state index in [0.717, 1.165) is 4.90 Å². The molecule has 1 fully saturated rings. The SMILES string of the molecule is [2H]c1[nH]c2ccc(C([2H])([2H])[C@@H]3NC(=O)OC3([2H])[2H])cc2c1C([2H])([2H])C([2H])([2H])N(C)C. The lowest BCUT2D eigenvalue weighted by atomic mass is 10.0. The predicted octanol–water partition coefficient (Wildman–Crippen LogP) is 1.92. The molecule has 0 bridgehead atoms. The fourth-order valence-corrected chi connectivity index (χ4v) is 1.93. The van der Waals surface area contributed by atoms with Gasteiger partial charge in [-0.25, -0.2) is 4.79 Å². The standard InChI is InChI=1S/C16H21N3O2/c1-19(2)6-5-12-9-17-15-4-3-11(8-14(12)15)7-13-10-21-16(20)18-13/h3-4,8-9,13,17H,5-7,10H2,1-2H3,(H,18,20)/t13-/m0/s1/i5D2,6D2,7D2,9D,10D2. The molecule has 0 unspecified atom stereocenters. The van der Waals surface area contributed by atoms with E-state index in [1.165, 1.54) is 32.3 Å². The summed E-state index contributed by atoms with van der Waals surface area (Å²) in [5, 5.41) is 2.21. The topological polar surface area (TPSA) is 57.4 Å². The first-order chi connectivity index (χ1) is 13.5. The van der Waals surface area contributed by atoms with E-state index in [1.54, 1.807) is 0 Å². The van der Waals surface area contributed by atoms with Crippen LogP contribution in [-0.2, 0) is 17.5 Å². The highest BCUT2D eigenvalue weighted by atomic mass is 16.6. The number of aromatic nitrogens is 1. The predicted molar refractivity (Wildman–Crippen MR) is 82.5 cm³/mol. The van der Waals surface area contributed by atoms with Crippen molar-refractivity contribution in [3.8, 4) is 0 Å². The highest BCUT2D eigenvalue weighted by Gasteiger charge is 2.22. The van der Waals surface area contributed by atoms with Gasteiger partial charge in [0.05, 0.1) is 10.2 Å². The van der Waals surface area contributed by atoms with Crippen LogP contribution in [0.4, 0.5) is 4.79 Å². The molecule has 1 saturated heterocycles. The number of cyclic esters (lactones) is 1. The molecule has 5 nitrogen and oxygen atoms in total. The first kappa shape index (κ1) is 6.83. The number of rotatable bonds is 5. The van der Waals surface area contributed by atoms with Gasteiger partial charge in [-0.2, -0.15) is 0 Å². The second kappa shape index (κ2) is 5.77. The smallest absolute Gasteiger partial charge is 0.407 e. The lowest BCUT2D eigenvalue weighted by Crippen LogP contribution is -2.28. The van der Waals surface area contributed by atoms with E-state index in [1.807, 2.05) is 0 Å². The van der Waals surface area contributed by atoms with Crippen molar-refractivity contribution in [1.82, 2.24) is 15.2 Å². The molecule has 3 rings (SSSR count). The number of likely N-dealkylation sites (N-methyl/N-ethyl adjacent to an activating group) is 1. The van der Waals surface area contributed by atoms with E-state index < -0.39 is 37.9 Å². The molecule has 112 valence electrons. The Labute approximate surface area is 136 Å². The molecule has 5 heteroatoms. The molecule has 0 saturated carbocycles. The minimum absolute atomic E-state index is 0.0860. The van der Waals surface area contributed by atoms with Crippen LogP contribution in [0.1, 0.15) is 23.5 Å². The second-order valence-corrected chi connectivity index (χ2v) is 4.75. The van der Waals surface area contributed by atoms with Crippen molar-refractivity contribution in [2.45, 2.75) is 18.8 Å². The quantitative estimate of drug-likeness (QED) is 0.886. The van der Waals surface area contributed by atoms with Crippen molar-refractivity contribution < 1.29 is 21.9 Å². The fraction of sp³-hybridized carbons (Fsp3) is 0.438. The molecule has 0 aliphatic carbocycles. The second-order valence-electron chi connectivity index (χ2n) is 4.75. The molecule has 1 aromatic heterocycles. The highest BCUT2D eigenvalue weighted by Crippen LogP contribution is 2.21. The number of hydrogen-bond acceptors (Lipinski definition) is 3. The molecular weight excluding hydrogens is 266 g/mol. The molecule has 1 aromatic carbocycles. The Morgan fingerprint density at radius 3 is 3.14 bits per heavy atom. The minimum atomic E-state index is -2.64. The molecule has 2 aromatic rings. The van der Waals surface area contributed by atoms with Crippen LogP contribution in [0, 0.1) is 0 Å². The van der Waals surface area contributed by atoms with Crippen LogP contribution < -0.4 is 5.32 Å². The van der Waals surface area contributed by atoms with Gasteiger partial charge in [0, 0.05) is 31.8 Å². The number of aromatic amines is 1. The van der Waals surface area contributed by atoms with Gasteiger partial charge in [-0.05, 0) is 50.1 Å².